The summed E-state index contributed by atoms with van der Waals surface area (Å²) in [6, 6.07) is 98.0. The minimum atomic E-state index is -0.550. The lowest BCUT2D eigenvalue weighted by Gasteiger charge is -2.46. The van der Waals surface area contributed by atoms with Gasteiger partial charge in [0, 0.05) is 11.4 Å². The van der Waals surface area contributed by atoms with Crippen LogP contribution in [0.5, 0.6) is 0 Å². The van der Waals surface area contributed by atoms with Crippen LogP contribution in [-0.2, 0) is 10.8 Å². The molecule has 64 heavy (non-hydrogen) atoms. The molecule has 0 unspecified atom stereocenters. The van der Waals surface area contributed by atoms with Gasteiger partial charge in [0.05, 0.1) is 33.6 Å². The van der Waals surface area contributed by atoms with E-state index in [1.165, 1.54) is 78.4 Å². The lowest BCUT2D eigenvalue weighted by atomic mass is 9.62. The molecule has 0 atom stereocenters. The standard InChI is InChI=1S/C62H44N2/c1-5-21-47(22-6-1)61(48-23-7-2-8-24-48)53-29-13-19-35-59(53)64(60-36-20-14-30-54(60)61)52-43-39-46(40-44-52)45-37-41-50(42-38-45)62(49-25-9-3-10-26-49)55-31-15-17-33-57(55)63(51-27-11-4-12-28-51)58-34-18-16-32-56(58)62/h1-44H. The predicted octanol–water partition coefficient (Wildman–Crippen LogP) is 15.7. The van der Waals surface area contributed by atoms with Crippen LogP contribution in [0.15, 0.2) is 267 Å². The van der Waals surface area contributed by atoms with Gasteiger partial charge in [-0.25, -0.2) is 0 Å². The Morgan fingerprint density at radius 1 is 0.203 bits per heavy atom. The summed E-state index contributed by atoms with van der Waals surface area (Å²) in [5.74, 6) is 0. The van der Waals surface area contributed by atoms with Crippen molar-refractivity contribution in [3.8, 4) is 11.1 Å². The van der Waals surface area contributed by atoms with Crippen molar-refractivity contribution in [2.75, 3.05) is 9.80 Å². The maximum Gasteiger partial charge on any atom is 0.0742 e. The summed E-state index contributed by atoms with van der Waals surface area (Å²) >= 11 is 0. The van der Waals surface area contributed by atoms with Crippen molar-refractivity contribution in [3.63, 3.8) is 0 Å². The van der Waals surface area contributed by atoms with Crippen molar-refractivity contribution in [1.29, 1.82) is 0 Å². The number of hydrogen-bond donors (Lipinski definition) is 0. The molecule has 10 aromatic rings. The minimum Gasteiger partial charge on any atom is -0.310 e. The number of benzene rings is 10. The zero-order valence-corrected chi connectivity index (χ0v) is 35.3. The van der Waals surface area contributed by atoms with Crippen molar-refractivity contribution >= 4 is 34.1 Å². The molecule has 2 heterocycles. The fraction of sp³-hybridized carbons (Fsp3) is 0.0323. The number of fused-ring (bicyclic) bond motifs is 4. The highest BCUT2D eigenvalue weighted by molar-refractivity contribution is 5.91. The number of nitrogens with zero attached hydrogens (tertiary/aromatic N) is 2. The fourth-order valence-electron chi connectivity index (χ4n) is 11.0. The highest BCUT2D eigenvalue weighted by Crippen LogP contribution is 2.59. The Hall–Kier alpha value is -8.20. The molecule has 12 rings (SSSR count). The van der Waals surface area contributed by atoms with Gasteiger partial charge in [-0.1, -0.05) is 218 Å². The van der Waals surface area contributed by atoms with Crippen molar-refractivity contribution < 1.29 is 0 Å². The third kappa shape index (κ3) is 5.59. The van der Waals surface area contributed by atoms with Gasteiger partial charge >= 0.3 is 0 Å². The Labute approximate surface area is 375 Å². The molecule has 0 bridgehead atoms. The molecule has 0 N–H and O–H groups in total. The van der Waals surface area contributed by atoms with Gasteiger partial charge in [-0.15, -0.1) is 0 Å². The first-order valence-electron chi connectivity index (χ1n) is 22.2. The molecule has 302 valence electrons. The Morgan fingerprint density at radius 2 is 0.453 bits per heavy atom. The van der Waals surface area contributed by atoms with Gasteiger partial charge in [-0.2, -0.15) is 0 Å². The normalized spacial score (nSPS) is 14.1. The molecule has 2 aliphatic heterocycles. The fourth-order valence-corrected chi connectivity index (χ4v) is 11.0. The van der Waals surface area contributed by atoms with Crippen molar-refractivity contribution in [1.82, 2.24) is 0 Å². The highest BCUT2D eigenvalue weighted by Gasteiger charge is 2.47. The van der Waals surface area contributed by atoms with Crippen molar-refractivity contribution in [2.24, 2.45) is 0 Å². The van der Waals surface area contributed by atoms with Gasteiger partial charge in [-0.05, 0) is 104 Å². The second kappa shape index (κ2) is 15.3. The lowest BCUT2D eigenvalue weighted by Crippen LogP contribution is -2.37. The van der Waals surface area contributed by atoms with Crippen LogP contribution in [0.25, 0.3) is 11.1 Å². The number of hydrogen-bond acceptors (Lipinski definition) is 2. The molecule has 0 saturated heterocycles. The first-order chi connectivity index (χ1) is 31.8. The van der Waals surface area contributed by atoms with Crippen LogP contribution in [0.2, 0.25) is 0 Å². The first kappa shape index (κ1) is 37.6. The number of anilines is 6. The SMILES string of the molecule is c1ccc(N2c3ccccc3C(c3ccccc3)(c3ccc(-c4ccc(N5c6ccccc6C(c6ccccc6)(c6ccccc6)c6ccccc65)cc4)cc3)c3ccccc32)cc1. The van der Waals surface area contributed by atoms with E-state index in [-0.39, 0.29) is 0 Å². The maximum atomic E-state index is 2.45. The average molecular weight is 817 g/mol. The van der Waals surface area contributed by atoms with Crippen LogP contribution in [0.1, 0.15) is 44.5 Å². The van der Waals surface area contributed by atoms with E-state index in [4.69, 9.17) is 0 Å². The highest BCUT2D eigenvalue weighted by atomic mass is 15.2. The molecule has 0 aliphatic carbocycles. The largest absolute Gasteiger partial charge is 0.310 e. The summed E-state index contributed by atoms with van der Waals surface area (Å²) in [6.07, 6.45) is 0. The first-order valence-corrected chi connectivity index (χ1v) is 22.2. The second-order valence-corrected chi connectivity index (χ2v) is 16.8. The van der Waals surface area contributed by atoms with E-state index in [1.807, 2.05) is 0 Å². The summed E-state index contributed by atoms with van der Waals surface area (Å²) in [4.78, 5) is 4.87. The number of para-hydroxylation sites is 5. The molecule has 0 spiro atoms. The van der Waals surface area contributed by atoms with Crippen LogP contribution in [0.3, 0.4) is 0 Å². The van der Waals surface area contributed by atoms with Gasteiger partial charge in [0.2, 0.25) is 0 Å². The van der Waals surface area contributed by atoms with Crippen molar-refractivity contribution in [3.05, 3.63) is 311 Å². The third-order valence-corrected chi connectivity index (χ3v) is 13.6. The maximum absolute atomic E-state index is 2.45. The number of rotatable bonds is 7. The third-order valence-electron chi connectivity index (χ3n) is 13.6. The molecule has 0 fully saturated rings. The lowest BCUT2D eigenvalue weighted by molar-refractivity contribution is 0.731. The van der Waals surface area contributed by atoms with E-state index >= 15 is 0 Å². The molecule has 0 saturated carbocycles. The molecule has 2 aliphatic rings. The minimum absolute atomic E-state index is 0.496. The predicted molar refractivity (Wildman–Crippen MR) is 265 cm³/mol. The monoisotopic (exact) mass is 816 g/mol. The molecule has 0 amide bonds. The Balaban J connectivity index is 0.968. The molecular weight excluding hydrogens is 773 g/mol. The topological polar surface area (TPSA) is 6.48 Å². The molecule has 2 heteroatoms. The smallest absolute Gasteiger partial charge is 0.0742 e. The summed E-state index contributed by atoms with van der Waals surface area (Å²) in [6.45, 7) is 0. The quantitative estimate of drug-likeness (QED) is 0.158. The van der Waals surface area contributed by atoms with Crippen LogP contribution in [-0.4, -0.2) is 0 Å². The summed E-state index contributed by atoms with van der Waals surface area (Å²) < 4.78 is 0. The average Bonchev–Trinajstić information content (AvgIpc) is 3.38. The second-order valence-electron chi connectivity index (χ2n) is 16.8. The summed E-state index contributed by atoms with van der Waals surface area (Å²) in [5, 5.41) is 0. The van der Waals surface area contributed by atoms with Crippen LogP contribution < -0.4 is 9.80 Å². The molecular formula is C62H44N2. The van der Waals surface area contributed by atoms with E-state index in [0.717, 1.165) is 11.4 Å². The van der Waals surface area contributed by atoms with Crippen LogP contribution >= 0.6 is 0 Å². The van der Waals surface area contributed by atoms with Gasteiger partial charge < -0.3 is 9.80 Å². The van der Waals surface area contributed by atoms with Gasteiger partial charge in [-0.3, -0.25) is 0 Å². The molecule has 0 aromatic heterocycles. The van der Waals surface area contributed by atoms with E-state index in [2.05, 4.69) is 277 Å². The zero-order valence-electron chi connectivity index (χ0n) is 35.3. The summed E-state index contributed by atoms with van der Waals surface area (Å²) in [5.41, 5.74) is 18.3. The summed E-state index contributed by atoms with van der Waals surface area (Å²) in [7, 11) is 0. The van der Waals surface area contributed by atoms with E-state index in [9.17, 15) is 0 Å². The Morgan fingerprint density at radius 3 is 0.797 bits per heavy atom. The van der Waals surface area contributed by atoms with Crippen LogP contribution in [0.4, 0.5) is 34.1 Å². The van der Waals surface area contributed by atoms with E-state index in [0.29, 0.717) is 0 Å². The van der Waals surface area contributed by atoms with E-state index < -0.39 is 10.8 Å². The van der Waals surface area contributed by atoms with Crippen molar-refractivity contribution in [2.45, 2.75) is 10.8 Å². The van der Waals surface area contributed by atoms with Gasteiger partial charge in [0.25, 0.3) is 0 Å². The zero-order chi connectivity index (χ0) is 42.5. The molecule has 10 aromatic carbocycles. The molecule has 2 nitrogen and oxygen atoms in total. The Bertz CT molecular complexity index is 3120. The molecule has 0 radical (unpaired) electrons. The van der Waals surface area contributed by atoms with Crippen LogP contribution in [0, 0.1) is 0 Å². The van der Waals surface area contributed by atoms with Gasteiger partial charge in [0.1, 0.15) is 0 Å². The van der Waals surface area contributed by atoms with E-state index in [1.54, 1.807) is 0 Å². The van der Waals surface area contributed by atoms with Gasteiger partial charge in [0.15, 0.2) is 0 Å². The Kier molecular flexibility index (Phi) is 8.98.